The third kappa shape index (κ3) is 5.76. The van der Waals surface area contributed by atoms with Crippen molar-refractivity contribution in [3.8, 4) is 0 Å². The highest BCUT2D eigenvalue weighted by molar-refractivity contribution is 6.18. The maximum absolute atomic E-state index is 12.6. The van der Waals surface area contributed by atoms with E-state index >= 15 is 0 Å². The lowest BCUT2D eigenvalue weighted by molar-refractivity contribution is -0.571. The molecule has 0 aromatic heterocycles. The monoisotopic (exact) mass is 575 g/mol. The highest BCUT2D eigenvalue weighted by Gasteiger charge is 2.69. The quantitative estimate of drug-likeness (QED) is 0.289. The number of piperazine rings is 1. The molecule has 5 heterocycles. The van der Waals surface area contributed by atoms with Crippen molar-refractivity contribution in [2.24, 2.45) is 23.7 Å². The predicted octanol–water partition coefficient (Wildman–Crippen LogP) is 3.94. The first kappa shape index (κ1) is 29.3. The molecule has 6 aliphatic rings. The number of alkyl halides is 2. The van der Waals surface area contributed by atoms with Crippen LogP contribution in [0, 0.1) is 23.7 Å². The largest absolute Gasteiger partial charge is 0.346 e. The first-order valence-corrected chi connectivity index (χ1v) is 15.9. The van der Waals surface area contributed by atoms with Gasteiger partial charge in [-0.15, -0.1) is 23.2 Å². The van der Waals surface area contributed by atoms with E-state index in [-0.39, 0.29) is 18.3 Å². The Balaban J connectivity index is 1.11. The summed E-state index contributed by atoms with van der Waals surface area (Å²) >= 11 is 11.7. The Bertz CT molecular complexity index is 811. The molecule has 6 fully saturated rings. The Morgan fingerprint density at radius 1 is 0.974 bits per heavy atom. The molecule has 6 rings (SSSR count). The van der Waals surface area contributed by atoms with Crippen LogP contribution in [0.5, 0.6) is 0 Å². The van der Waals surface area contributed by atoms with Gasteiger partial charge >= 0.3 is 0 Å². The Kier molecular flexibility index (Phi) is 9.53. The van der Waals surface area contributed by atoms with E-state index in [1.54, 1.807) is 4.90 Å². The second-order valence-electron chi connectivity index (χ2n) is 12.5. The summed E-state index contributed by atoms with van der Waals surface area (Å²) in [5.41, 5.74) is -0.472. The van der Waals surface area contributed by atoms with Gasteiger partial charge in [-0.05, 0) is 63.3 Å². The topological polar surface area (TPSA) is 63.7 Å². The van der Waals surface area contributed by atoms with Crippen LogP contribution < -0.4 is 0 Å². The summed E-state index contributed by atoms with van der Waals surface area (Å²) in [4.78, 5) is 31.4. The average Bonchev–Trinajstić information content (AvgIpc) is 3.13. The van der Waals surface area contributed by atoms with E-state index < -0.39 is 11.4 Å². The van der Waals surface area contributed by atoms with E-state index in [2.05, 4.69) is 23.6 Å². The SMILES string of the molecule is C[C@H]1[C@@H](CCCN2CCN(CC(=O)N(CCCl)CCCl)CC2)O[C@@H]2OC3(C)CCC4[C@H](C)CC[C@@H]1C42OO3. The van der Waals surface area contributed by atoms with Crippen molar-refractivity contribution >= 4 is 29.1 Å². The molecule has 5 saturated heterocycles. The van der Waals surface area contributed by atoms with Gasteiger partial charge in [-0.2, -0.15) is 0 Å². The third-order valence-electron chi connectivity index (χ3n) is 10.1. The molecule has 3 unspecified atom stereocenters. The summed E-state index contributed by atoms with van der Waals surface area (Å²) in [5, 5.41) is 0. The molecular weight excluding hydrogens is 529 g/mol. The first-order valence-electron chi connectivity index (χ1n) is 14.8. The Labute approximate surface area is 238 Å². The minimum absolute atomic E-state index is 0.123. The van der Waals surface area contributed by atoms with Gasteiger partial charge in [0.25, 0.3) is 0 Å². The number of hydrogen-bond acceptors (Lipinski definition) is 7. The smallest absolute Gasteiger partial charge is 0.236 e. The Hall–Kier alpha value is -0.190. The zero-order valence-electron chi connectivity index (χ0n) is 23.4. The molecular formula is C28H47Cl2N3O5. The second kappa shape index (κ2) is 12.4. The minimum Gasteiger partial charge on any atom is -0.346 e. The normalized spacial score (nSPS) is 41.5. The third-order valence-corrected chi connectivity index (χ3v) is 10.5. The van der Waals surface area contributed by atoms with Crippen LogP contribution in [0.25, 0.3) is 0 Å². The molecule has 1 spiro atoms. The predicted molar refractivity (Wildman–Crippen MR) is 147 cm³/mol. The first-order chi connectivity index (χ1) is 18.3. The minimum atomic E-state index is -0.714. The molecule has 8 atom stereocenters. The molecule has 0 radical (unpaired) electrons. The van der Waals surface area contributed by atoms with E-state index in [0.717, 1.165) is 64.8 Å². The number of rotatable bonds is 10. The second-order valence-corrected chi connectivity index (χ2v) is 13.2. The van der Waals surface area contributed by atoms with Crippen LogP contribution in [-0.2, 0) is 24.0 Å². The fourth-order valence-electron chi connectivity index (χ4n) is 7.85. The van der Waals surface area contributed by atoms with E-state index in [0.29, 0.717) is 55.1 Å². The Morgan fingerprint density at radius 2 is 1.68 bits per heavy atom. The van der Waals surface area contributed by atoms with Crippen LogP contribution in [0.2, 0.25) is 0 Å². The van der Waals surface area contributed by atoms with E-state index in [1.165, 1.54) is 6.42 Å². The van der Waals surface area contributed by atoms with Crippen molar-refractivity contribution in [3.05, 3.63) is 0 Å². The number of nitrogens with zero attached hydrogens (tertiary/aromatic N) is 3. The van der Waals surface area contributed by atoms with Crippen molar-refractivity contribution < 1.29 is 24.0 Å². The molecule has 8 nitrogen and oxygen atoms in total. The van der Waals surface area contributed by atoms with Crippen molar-refractivity contribution in [1.29, 1.82) is 0 Å². The average molecular weight is 577 g/mol. The zero-order valence-corrected chi connectivity index (χ0v) is 24.9. The number of fused-ring (bicyclic) bond motifs is 2. The summed E-state index contributed by atoms with van der Waals surface area (Å²) in [5.74, 6) is 2.09. The highest BCUT2D eigenvalue weighted by atomic mass is 35.5. The molecule has 1 aliphatic carbocycles. The molecule has 38 heavy (non-hydrogen) atoms. The number of carbonyl (C=O) groups is 1. The van der Waals surface area contributed by atoms with Gasteiger partial charge in [0.05, 0.1) is 12.6 Å². The van der Waals surface area contributed by atoms with Crippen LogP contribution in [0.1, 0.15) is 59.3 Å². The zero-order chi connectivity index (χ0) is 26.9. The molecule has 5 aliphatic heterocycles. The van der Waals surface area contributed by atoms with Crippen molar-refractivity contribution in [2.45, 2.75) is 83.1 Å². The van der Waals surface area contributed by atoms with Crippen molar-refractivity contribution in [3.63, 3.8) is 0 Å². The molecule has 0 N–H and O–H groups in total. The van der Waals surface area contributed by atoms with E-state index in [1.807, 2.05) is 6.92 Å². The molecule has 10 heteroatoms. The maximum Gasteiger partial charge on any atom is 0.236 e. The van der Waals surface area contributed by atoms with Crippen LogP contribution in [0.4, 0.5) is 0 Å². The molecule has 0 aromatic rings. The Morgan fingerprint density at radius 3 is 2.39 bits per heavy atom. The van der Waals surface area contributed by atoms with Gasteiger partial charge in [0.2, 0.25) is 11.7 Å². The summed E-state index contributed by atoms with van der Waals surface area (Å²) in [7, 11) is 0. The van der Waals surface area contributed by atoms with Crippen molar-refractivity contribution in [2.75, 3.05) is 64.1 Å². The van der Waals surface area contributed by atoms with E-state index in [9.17, 15) is 4.79 Å². The fraction of sp³-hybridized carbons (Fsp3) is 0.964. The number of halogens is 2. The molecule has 0 aromatic carbocycles. The molecule has 2 bridgehead atoms. The number of hydrogen-bond donors (Lipinski definition) is 0. The molecule has 1 saturated carbocycles. The summed E-state index contributed by atoms with van der Waals surface area (Å²) in [6, 6.07) is 0. The molecule has 1 amide bonds. The lowest BCUT2D eigenvalue weighted by Crippen LogP contribution is -2.70. The van der Waals surface area contributed by atoms with E-state index in [4.69, 9.17) is 42.5 Å². The van der Waals surface area contributed by atoms with Gasteiger partial charge in [0, 0.05) is 63.4 Å². The standard InChI is InChI=1S/C28H47Cl2N3O5/c1-20-6-7-23-21(2)24(35-26-28(23)22(20)8-9-27(3,36-26)37-38-28)5-4-12-31-15-17-32(18-16-31)19-25(34)33(13-10-29)14-11-30/h20-24,26H,4-19H2,1-3H3/t20-,21-,22?,23+,24-,26-,27?,28?/m1/s1. The van der Waals surface area contributed by atoms with Crippen LogP contribution in [0.3, 0.4) is 0 Å². The molecule has 218 valence electrons. The van der Waals surface area contributed by atoms with Gasteiger partial charge in [-0.3, -0.25) is 9.69 Å². The van der Waals surface area contributed by atoms with Crippen LogP contribution in [-0.4, -0.2) is 109 Å². The fourth-order valence-corrected chi connectivity index (χ4v) is 8.26. The van der Waals surface area contributed by atoms with Gasteiger partial charge < -0.3 is 19.3 Å². The number of ether oxygens (including phenoxy) is 2. The number of amides is 1. The highest BCUT2D eigenvalue weighted by Crippen LogP contribution is 2.60. The van der Waals surface area contributed by atoms with Gasteiger partial charge in [0.15, 0.2) is 11.9 Å². The summed E-state index contributed by atoms with van der Waals surface area (Å²) in [6.07, 6.45) is 6.25. The maximum atomic E-state index is 12.6. The van der Waals surface area contributed by atoms with Crippen LogP contribution in [0.15, 0.2) is 0 Å². The van der Waals surface area contributed by atoms with Crippen molar-refractivity contribution in [1.82, 2.24) is 14.7 Å². The summed E-state index contributed by atoms with van der Waals surface area (Å²) < 4.78 is 13.3. The van der Waals surface area contributed by atoms with Gasteiger partial charge in [-0.1, -0.05) is 13.8 Å². The van der Waals surface area contributed by atoms with Gasteiger partial charge in [0.1, 0.15) is 0 Å². The van der Waals surface area contributed by atoms with Gasteiger partial charge in [-0.25, -0.2) is 9.78 Å². The van der Waals surface area contributed by atoms with Crippen LogP contribution >= 0.6 is 23.2 Å². The lowest BCUT2D eigenvalue weighted by Gasteiger charge is -2.60. The summed E-state index contributed by atoms with van der Waals surface area (Å²) in [6.45, 7) is 13.1. The number of carbonyl (C=O) groups excluding carboxylic acids is 1. The lowest BCUT2D eigenvalue weighted by atomic mass is 9.57.